The van der Waals surface area contributed by atoms with E-state index in [2.05, 4.69) is 13.2 Å². The fourth-order valence-electron chi connectivity index (χ4n) is 4.05. The first-order valence-corrected chi connectivity index (χ1v) is 14.0. The second-order valence-corrected chi connectivity index (χ2v) is 10.3. The van der Waals surface area contributed by atoms with Crippen molar-refractivity contribution in [2.45, 2.75) is 26.7 Å². The van der Waals surface area contributed by atoms with Crippen molar-refractivity contribution < 1.29 is 27.8 Å². The second kappa shape index (κ2) is 14.7. The van der Waals surface area contributed by atoms with Gasteiger partial charge in [-0.05, 0) is 73.2 Å². The van der Waals surface area contributed by atoms with E-state index >= 15 is 0 Å². The largest absolute Gasteiger partial charge is 0.423 e. The Morgan fingerprint density at radius 3 is 1.30 bits per heavy atom. The second-order valence-electron chi connectivity index (χ2n) is 10.3. The molecule has 44 heavy (non-hydrogen) atoms. The highest BCUT2D eigenvalue weighted by atomic mass is 19.2. The van der Waals surface area contributed by atoms with Crippen molar-refractivity contribution in [3.8, 4) is 11.5 Å². The molecule has 6 heteroatoms. The lowest BCUT2D eigenvalue weighted by Gasteiger charge is -2.06. The summed E-state index contributed by atoms with van der Waals surface area (Å²) in [6.07, 6.45) is 8.06. The lowest BCUT2D eigenvalue weighted by molar-refractivity contribution is -0.130. The van der Waals surface area contributed by atoms with Crippen molar-refractivity contribution in [3.63, 3.8) is 0 Å². The Morgan fingerprint density at radius 1 is 0.568 bits per heavy atom. The number of ether oxygens (including phenoxy) is 2. The summed E-state index contributed by atoms with van der Waals surface area (Å²) < 4.78 is 40.0. The summed E-state index contributed by atoms with van der Waals surface area (Å²) in [5.74, 6) is -1.98. The van der Waals surface area contributed by atoms with Gasteiger partial charge in [0.15, 0.2) is 11.6 Å². The Balaban J connectivity index is 1.32. The molecule has 0 saturated heterocycles. The molecule has 0 heterocycles. The molecule has 4 nitrogen and oxygen atoms in total. The van der Waals surface area contributed by atoms with Crippen LogP contribution < -0.4 is 9.47 Å². The van der Waals surface area contributed by atoms with Crippen molar-refractivity contribution in [1.29, 1.82) is 0 Å². The van der Waals surface area contributed by atoms with Gasteiger partial charge in [-0.3, -0.25) is 0 Å². The van der Waals surface area contributed by atoms with Crippen LogP contribution in [0.25, 0.3) is 24.3 Å². The van der Waals surface area contributed by atoms with Crippen molar-refractivity contribution in [3.05, 3.63) is 154 Å². The molecule has 4 aromatic rings. The first-order chi connectivity index (χ1) is 21.1. The maximum atomic E-state index is 14.8. The van der Waals surface area contributed by atoms with Gasteiger partial charge < -0.3 is 9.47 Å². The highest BCUT2D eigenvalue weighted by molar-refractivity contribution is 5.89. The molecule has 0 aliphatic heterocycles. The fourth-order valence-corrected chi connectivity index (χ4v) is 4.05. The van der Waals surface area contributed by atoms with Crippen molar-refractivity contribution in [2.75, 3.05) is 0 Å². The standard InChI is InChI=1S/C38H32F2O4/c1-25(2)37(41)43-33-21-13-29(14-22-33)10-7-27-5-8-28(9-6-27)11-17-31-19-20-32(36(40)35(31)39)18-12-30-15-23-34(24-16-30)44-38(42)26(3)4/h5-6,8-9,11-24H,1,3,7,10H2,2,4H3/b17-11+,18-12+. The first-order valence-electron chi connectivity index (χ1n) is 14.0. The number of hydrogen-bond acceptors (Lipinski definition) is 4. The van der Waals surface area contributed by atoms with Gasteiger partial charge >= 0.3 is 11.9 Å². The van der Waals surface area contributed by atoms with Gasteiger partial charge in [-0.15, -0.1) is 0 Å². The lowest BCUT2D eigenvalue weighted by atomic mass is 10.0. The number of aryl methyl sites for hydroxylation is 2. The van der Waals surface area contributed by atoms with E-state index < -0.39 is 23.6 Å². The fraction of sp³-hybridized carbons (Fsp3) is 0.105. The molecule has 0 amide bonds. The smallest absolute Gasteiger partial charge is 0.338 e. The maximum Gasteiger partial charge on any atom is 0.338 e. The van der Waals surface area contributed by atoms with Crippen molar-refractivity contribution >= 4 is 36.2 Å². The minimum Gasteiger partial charge on any atom is -0.423 e. The van der Waals surface area contributed by atoms with E-state index in [1.54, 1.807) is 68.5 Å². The van der Waals surface area contributed by atoms with Gasteiger partial charge in [-0.2, -0.15) is 0 Å². The van der Waals surface area contributed by atoms with E-state index in [9.17, 15) is 18.4 Å². The summed E-state index contributed by atoms with van der Waals surface area (Å²) in [4.78, 5) is 23.3. The Morgan fingerprint density at radius 2 is 0.909 bits per heavy atom. The number of halogens is 2. The number of rotatable bonds is 11. The minimum absolute atomic E-state index is 0.115. The zero-order valence-electron chi connectivity index (χ0n) is 24.6. The molecular formula is C38H32F2O4. The minimum atomic E-state index is -0.937. The number of hydrogen-bond donors (Lipinski definition) is 0. The van der Waals surface area contributed by atoms with Crippen LogP contribution in [0.5, 0.6) is 11.5 Å². The highest BCUT2D eigenvalue weighted by Gasteiger charge is 2.11. The Hall–Kier alpha value is -5.36. The number of carbonyl (C=O) groups is 2. The number of esters is 2. The zero-order chi connectivity index (χ0) is 31.6. The van der Waals surface area contributed by atoms with Crippen LogP contribution in [0, 0.1) is 11.6 Å². The third-order valence-corrected chi connectivity index (χ3v) is 6.66. The Bertz CT molecular complexity index is 1730. The number of carbonyl (C=O) groups excluding carboxylic acids is 2. The summed E-state index contributed by atoms with van der Waals surface area (Å²) in [7, 11) is 0. The Labute approximate surface area is 256 Å². The van der Waals surface area contributed by atoms with E-state index in [4.69, 9.17) is 9.47 Å². The van der Waals surface area contributed by atoms with Gasteiger partial charge in [0.05, 0.1) is 0 Å². The lowest BCUT2D eigenvalue weighted by Crippen LogP contribution is -2.08. The first kappa shape index (κ1) is 31.6. The molecule has 0 aromatic heterocycles. The third kappa shape index (κ3) is 8.82. The quantitative estimate of drug-likeness (QED) is 0.0757. The Kier molecular flexibility index (Phi) is 10.5. The van der Waals surface area contributed by atoms with E-state index in [0.717, 1.165) is 35.1 Å². The summed E-state index contributed by atoms with van der Waals surface area (Å²) in [5, 5.41) is 0. The van der Waals surface area contributed by atoms with Crippen molar-refractivity contribution in [1.82, 2.24) is 0 Å². The van der Waals surface area contributed by atoms with Gasteiger partial charge in [-0.25, -0.2) is 18.4 Å². The molecule has 0 radical (unpaired) electrons. The van der Waals surface area contributed by atoms with Crippen LogP contribution >= 0.6 is 0 Å². The van der Waals surface area contributed by atoms with Crippen LogP contribution in [0.1, 0.15) is 47.2 Å². The van der Waals surface area contributed by atoms with E-state index in [1.807, 2.05) is 36.4 Å². The van der Waals surface area contributed by atoms with Gasteiger partial charge in [0.2, 0.25) is 0 Å². The molecule has 0 unspecified atom stereocenters. The van der Waals surface area contributed by atoms with E-state index in [0.29, 0.717) is 22.6 Å². The average Bonchev–Trinajstić information content (AvgIpc) is 3.02. The summed E-state index contributed by atoms with van der Waals surface area (Å²) in [6.45, 7) is 10.3. The average molecular weight is 591 g/mol. The van der Waals surface area contributed by atoms with Gasteiger partial charge in [-0.1, -0.05) is 98.1 Å². The molecule has 0 fully saturated rings. The monoisotopic (exact) mass is 590 g/mol. The zero-order valence-corrected chi connectivity index (χ0v) is 24.6. The molecule has 0 aliphatic carbocycles. The van der Waals surface area contributed by atoms with Crippen LogP contribution in [0.15, 0.2) is 109 Å². The van der Waals surface area contributed by atoms with E-state index in [1.165, 1.54) is 18.2 Å². The third-order valence-electron chi connectivity index (χ3n) is 6.66. The van der Waals surface area contributed by atoms with Crippen LogP contribution in [0.3, 0.4) is 0 Å². The predicted molar refractivity (Wildman–Crippen MR) is 172 cm³/mol. The van der Waals surface area contributed by atoms with Gasteiger partial charge in [0.25, 0.3) is 0 Å². The summed E-state index contributed by atoms with van der Waals surface area (Å²) in [5.41, 5.74) is 4.73. The molecule has 0 atom stereocenters. The van der Waals surface area contributed by atoms with Crippen LogP contribution in [0.4, 0.5) is 8.78 Å². The van der Waals surface area contributed by atoms with Crippen molar-refractivity contribution in [2.24, 2.45) is 0 Å². The topological polar surface area (TPSA) is 52.6 Å². The molecule has 0 bridgehead atoms. The number of benzene rings is 4. The summed E-state index contributed by atoms with van der Waals surface area (Å²) in [6, 6.07) is 25.0. The van der Waals surface area contributed by atoms with Crippen LogP contribution in [0.2, 0.25) is 0 Å². The van der Waals surface area contributed by atoms with Crippen LogP contribution in [-0.2, 0) is 22.4 Å². The maximum absolute atomic E-state index is 14.8. The van der Waals surface area contributed by atoms with Gasteiger partial charge in [0.1, 0.15) is 11.5 Å². The summed E-state index contributed by atoms with van der Waals surface area (Å²) >= 11 is 0. The highest BCUT2D eigenvalue weighted by Crippen LogP contribution is 2.22. The molecule has 0 aliphatic rings. The predicted octanol–water partition coefficient (Wildman–Crippen LogP) is 9.05. The molecule has 0 spiro atoms. The van der Waals surface area contributed by atoms with Crippen LogP contribution in [-0.4, -0.2) is 11.9 Å². The normalized spacial score (nSPS) is 11.1. The molecule has 4 aromatic carbocycles. The molecule has 0 saturated carbocycles. The molecular weight excluding hydrogens is 558 g/mol. The van der Waals surface area contributed by atoms with E-state index in [-0.39, 0.29) is 11.1 Å². The van der Waals surface area contributed by atoms with Gasteiger partial charge in [0, 0.05) is 22.3 Å². The molecule has 222 valence electrons. The molecule has 0 N–H and O–H groups in total. The SMILES string of the molecule is C=C(C)C(=O)Oc1ccc(/C=C/c2ccc(/C=C/c3ccc(CCc4ccc(OC(=O)C(=C)C)cc4)cc3)c(F)c2F)cc1. The molecule has 4 rings (SSSR count).